The highest BCUT2D eigenvalue weighted by atomic mass is 32.2. The van der Waals surface area contributed by atoms with Crippen LogP contribution in [0.2, 0.25) is 0 Å². The molecule has 2 aromatic rings. The summed E-state index contributed by atoms with van der Waals surface area (Å²) in [6.07, 6.45) is 1.94. The number of alkyl halides is 2. The van der Waals surface area contributed by atoms with E-state index in [1.165, 1.54) is 17.6 Å². The van der Waals surface area contributed by atoms with Crippen molar-refractivity contribution in [2.24, 2.45) is 5.92 Å². The van der Waals surface area contributed by atoms with E-state index in [9.17, 15) is 22.0 Å². The molecule has 6 nitrogen and oxygen atoms in total. The first-order valence-electron chi connectivity index (χ1n) is 9.65. The Kier molecular flexibility index (Phi) is 5.27. The van der Waals surface area contributed by atoms with E-state index in [0.717, 1.165) is 9.83 Å². The first-order chi connectivity index (χ1) is 13.6. The highest BCUT2D eigenvalue weighted by molar-refractivity contribution is 7.91. The molecule has 0 atom stereocenters. The van der Waals surface area contributed by atoms with Gasteiger partial charge in [-0.15, -0.1) is 0 Å². The summed E-state index contributed by atoms with van der Waals surface area (Å²) in [6, 6.07) is 5.13. The summed E-state index contributed by atoms with van der Waals surface area (Å²) in [5, 5.41) is 0.750. The molecule has 0 aliphatic carbocycles. The van der Waals surface area contributed by atoms with Crippen molar-refractivity contribution in [2.45, 2.75) is 36.5 Å². The zero-order valence-corrected chi connectivity index (χ0v) is 17.7. The van der Waals surface area contributed by atoms with Crippen molar-refractivity contribution >= 4 is 42.4 Å². The highest BCUT2D eigenvalue weighted by Gasteiger charge is 2.38. The lowest BCUT2D eigenvalue weighted by molar-refractivity contribution is -0.142. The molecule has 2 saturated heterocycles. The molecule has 1 aromatic carbocycles. The van der Waals surface area contributed by atoms with E-state index in [2.05, 4.69) is 9.88 Å². The number of carbonyl (C=O) groups excluding carboxylic acids is 1. The second-order valence-corrected chi connectivity index (χ2v) is 10.8. The molecule has 0 spiro atoms. The molecule has 158 valence electrons. The van der Waals surface area contributed by atoms with E-state index in [4.69, 9.17) is 0 Å². The van der Waals surface area contributed by atoms with Gasteiger partial charge in [-0.05, 0) is 25.0 Å². The Morgan fingerprint density at radius 2 is 1.83 bits per heavy atom. The number of hydrogen-bond donors (Lipinski definition) is 0. The lowest BCUT2D eigenvalue weighted by atomic mass is 9.94. The lowest BCUT2D eigenvalue weighted by Crippen LogP contribution is -2.47. The number of rotatable bonds is 3. The number of para-hydroxylation sites is 1. The Labute approximate surface area is 172 Å². The van der Waals surface area contributed by atoms with E-state index in [1.807, 2.05) is 6.07 Å². The van der Waals surface area contributed by atoms with Crippen molar-refractivity contribution < 1.29 is 22.0 Å². The molecule has 2 fully saturated rings. The van der Waals surface area contributed by atoms with Crippen LogP contribution < -0.4 is 4.90 Å². The molecule has 3 heterocycles. The number of thiazole rings is 1. The Bertz CT molecular complexity index is 1020. The number of sulfone groups is 1. The molecule has 2 aliphatic rings. The second-order valence-electron chi connectivity index (χ2n) is 7.81. The number of fused-ring (bicyclic) bond motifs is 1. The van der Waals surface area contributed by atoms with Gasteiger partial charge in [0, 0.05) is 51.2 Å². The molecule has 0 radical (unpaired) electrons. The number of anilines is 1. The lowest BCUT2D eigenvalue weighted by Gasteiger charge is -2.37. The van der Waals surface area contributed by atoms with Crippen molar-refractivity contribution in [2.75, 3.05) is 37.3 Å². The van der Waals surface area contributed by atoms with Crippen LogP contribution in [-0.2, 0) is 14.6 Å². The summed E-state index contributed by atoms with van der Waals surface area (Å²) >= 11 is 1.44. The third-order valence-electron chi connectivity index (χ3n) is 5.69. The van der Waals surface area contributed by atoms with Crippen molar-refractivity contribution in [3.05, 3.63) is 18.2 Å². The number of halogens is 2. The van der Waals surface area contributed by atoms with E-state index < -0.39 is 15.8 Å². The van der Waals surface area contributed by atoms with Gasteiger partial charge in [0.15, 0.2) is 15.0 Å². The largest absolute Gasteiger partial charge is 0.348 e. The fraction of sp³-hybridized carbons (Fsp3) is 0.579. The summed E-state index contributed by atoms with van der Waals surface area (Å²) in [6.45, 7) is 1.51. The maximum Gasteiger partial charge on any atom is 0.251 e. The minimum Gasteiger partial charge on any atom is -0.348 e. The van der Waals surface area contributed by atoms with Gasteiger partial charge in [0.25, 0.3) is 5.92 Å². The SMILES string of the molecule is CS(=O)(=O)c1cccc2sc(N3CCC(C(=O)N4CCC(F)(F)CC4)CC3)nc12. The number of benzene rings is 1. The average Bonchev–Trinajstić information content (AvgIpc) is 3.11. The molecule has 0 unspecified atom stereocenters. The van der Waals surface area contributed by atoms with Crippen molar-refractivity contribution in [3.8, 4) is 0 Å². The van der Waals surface area contributed by atoms with Crippen molar-refractivity contribution in [3.63, 3.8) is 0 Å². The predicted octanol–water partition coefficient (Wildman–Crippen LogP) is 3.17. The molecular weight excluding hydrogens is 420 g/mol. The van der Waals surface area contributed by atoms with Crippen molar-refractivity contribution in [1.82, 2.24) is 9.88 Å². The van der Waals surface area contributed by atoms with Crippen molar-refractivity contribution in [1.29, 1.82) is 0 Å². The van der Waals surface area contributed by atoms with Crippen LogP contribution in [0.3, 0.4) is 0 Å². The summed E-state index contributed by atoms with van der Waals surface area (Å²) in [5.41, 5.74) is 0.488. The van der Waals surface area contributed by atoms with Gasteiger partial charge < -0.3 is 9.80 Å². The molecular formula is C19H23F2N3O3S2. The van der Waals surface area contributed by atoms with Gasteiger partial charge in [0.05, 0.1) is 9.60 Å². The number of likely N-dealkylation sites (tertiary alicyclic amines) is 1. The molecule has 4 rings (SSSR count). The monoisotopic (exact) mass is 443 g/mol. The van der Waals surface area contributed by atoms with Crippen LogP contribution in [-0.4, -0.2) is 62.6 Å². The second kappa shape index (κ2) is 7.46. The predicted molar refractivity (Wildman–Crippen MR) is 108 cm³/mol. The molecule has 0 N–H and O–H groups in total. The van der Waals surface area contributed by atoms with Gasteiger partial charge in [-0.1, -0.05) is 17.4 Å². The smallest absolute Gasteiger partial charge is 0.251 e. The van der Waals surface area contributed by atoms with Crippen LogP contribution in [0.25, 0.3) is 10.2 Å². The summed E-state index contributed by atoms with van der Waals surface area (Å²) in [4.78, 5) is 21.1. The van der Waals surface area contributed by atoms with Gasteiger partial charge in [-0.2, -0.15) is 0 Å². The molecule has 2 aliphatic heterocycles. The Balaban J connectivity index is 1.43. The Hall–Kier alpha value is -1.81. The maximum absolute atomic E-state index is 13.3. The van der Waals surface area contributed by atoms with E-state index >= 15 is 0 Å². The molecule has 0 saturated carbocycles. The van der Waals surface area contributed by atoms with Crippen LogP contribution >= 0.6 is 11.3 Å². The highest BCUT2D eigenvalue weighted by Crippen LogP contribution is 2.35. The summed E-state index contributed by atoms with van der Waals surface area (Å²) < 4.78 is 51.5. The fourth-order valence-electron chi connectivity index (χ4n) is 3.98. The van der Waals surface area contributed by atoms with E-state index in [0.29, 0.717) is 31.4 Å². The number of piperidine rings is 2. The van der Waals surface area contributed by atoms with E-state index in [-0.39, 0.29) is 42.7 Å². The quantitative estimate of drug-likeness (QED) is 0.729. The minimum absolute atomic E-state index is 0.0242. The minimum atomic E-state index is -3.37. The van der Waals surface area contributed by atoms with Crippen LogP contribution in [0.4, 0.5) is 13.9 Å². The van der Waals surface area contributed by atoms with Gasteiger partial charge in [-0.3, -0.25) is 4.79 Å². The van der Waals surface area contributed by atoms with Gasteiger partial charge >= 0.3 is 0 Å². The van der Waals surface area contributed by atoms with Crippen LogP contribution in [0.5, 0.6) is 0 Å². The average molecular weight is 444 g/mol. The molecule has 1 amide bonds. The van der Waals surface area contributed by atoms with E-state index in [1.54, 1.807) is 17.0 Å². The van der Waals surface area contributed by atoms with Crippen LogP contribution in [0, 0.1) is 5.92 Å². The number of aromatic nitrogens is 1. The van der Waals surface area contributed by atoms with Gasteiger partial charge in [0.2, 0.25) is 5.91 Å². The number of nitrogens with zero attached hydrogens (tertiary/aromatic N) is 3. The zero-order valence-electron chi connectivity index (χ0n) is 16.1. The number of amides is 1. The van der Waals surface area contributed by atoms with Crippen LogP contribution in [0.1, 0.15) is 25.7 Å². The Morgan fingerprint density at radius 1 is 1.17 bits per heavy atom. The topological polar surface area (TPSA) is 70.6 Å². The first-order valence-corrected chi connectivity index (χ1v) is 12.4. The van der Waals surface area contributed by atoms with Gasteiger partial charge in [0.1, 0.15) is 5.52 Å². The molecule has 1 aromatic heterocycles. The summed E-state index contributed by atoms with van der Waals surface area (Å²) in [7, 11) is -3.37. The first kappa shape index (κ1) is 20.5. The van der Waals surface area contributed by atoms with Gasteiger partial charge in [-0.25, -0.2) is 22.2 Å². The molecule has 0 bridgehead atoms. The third kappa shape index (κ3) is 4.23. The Morgan fingerprint density at radius 3 is 2.45 bits per heavy atom. The third-order valence-corrected chi connectivity index (χ3v) is 7.90. The standard InChI is InChI=1S/C19H23F2N3O3S2/c1-29(26,27)15-4-2-3-14-16(15)22-18(28-14)24-9-5-13(6-10-24)17(25)23-11-7-19(20,21)8-12-23/h2-4,13H,5-12H2,1H3. The zero-order chi connectivity index (χ0) is 20.8. The molecule has 10 heteroatoms. The maximum atomic E-state index is 13.3. The normalized spacial score (nSPS) is 20.9. The van der Waals surface area contributed by atoms with Crippen LogP contribution in [0.15, 0.2) is 23.1 Å². The fourth-order valence-corrected chi connectivity index (χ4v) is 5.92. The summed E-state index contributed by atoms with van der Waals surface area (Å²) in [5.74, 6) is -2.83. The number of carbonyl (C=O) groups is 1. The number of hydrogen-bond acceptors (Lipinski definition) is 6. The molecule has 29 heavy (non-hydrogen) atoms.